The molecule has 176 valence electrons. The van der Waals surface area contributed by atoms with Gasteiger partial charge < -0.3 is 10.1 Å². The zero-order valence-corrected chi connectivity index (χ0v) is 19.4. The lowest BCUT2D eigenvalue weighted by atomic mass is 10.0. The topological polar surface area (TPSA) is 102 Å². The van der Waals surface area contributed by atoms with Gasteiger partial charge in [-0.25, -0.2) is 9.59 Å². The minimum absolute atomic E-state index is 0.0988. The SMILES string of the molecule is CCCCCCCNC(=O)N(C)c1cccc(-c2ccc(C=CC(=O)OC)cc2[N+](=O)[O-])c1. The quantitative estimate of drug-likeness (QED) is 0.158. The van der Waals surface area contributed by atoms with Crippen molar-refractivity contribution >= 4 is 29.5 Å². The van der Waals surface area contributed by atoms with Crippen LogP contribution in [0.1, 0.15) is 44.6 Å². The van der Waals surface area contributed by atoms with Crippen LogP contribution in [0.25, 0.3) is 17.2 Å². The predicted octanol–water partition coefficient (Wildman–Crippen LogP) is 5.56. The number of methoxy groups -OCH3 is 1. The zero-order valence-electron chi connectivity index (χ0n) is 19.4. The molecule has 0 spiro atoms. The van der Waals surface area contributed by atoms with Crippen LogP contribution in [0, 0.1) is 10.1 Å². The summed E-state index contributed by atoms with van der Waals surface area (Å²) >= 11 is 0. The second-order valence-electron chi connectivity index (χ2n) is 7.65. The number of nitrogens with zero attached hydrogens (tertiary/aromatic N) is 2. The molecule has 0 aliphatic rings. The molecule has 0 aliphatic heterocycles. The smallest absolute Gasteiger partial charge is 0.330 e. The largest absolute Gasteiger partial charge is 0.466 e. The van der Waals surface area contributed by atoms with Gasteiger partial charge in [-0.05, 0) is 41.8 Å². The first-order chi connectivity index (χ1) is 15.9. The van der Waals surface area contributed by atoms with Crippen molar-refractivity contribution in [3.05, 3.63) is 64.2 Å². The molecule has 0 saturated heterocycles. The van der Waals surface area contributed by atoms with Gasteiger partial charge in [0.25, 0.3) is 5.69 Å². The van der Waals surface area contributed by atoms with Crippen molar-refractivity contribution in [2.24, 2.45) is 0 Å². The highest BCUT2D eigenvalue weighted by atomic mass is 16.6. The van der Waals surface area contributed by atoms with Gasteiger partial charge >= 0.3 is 12.0 Å². The molecule has 2 amide bonds. The number of nitro benzene ring substituents is 1. The summed E-state index contributed by atoms with van der Waals surface area (Å²) in [5, 5.41) is 14.6. The van der Waals surface area contributed by atoms with Crippen LogP contribution in [-0.2, 0) is 9.53 Å². The van der Waals surface area contributed by atoms with E-state index in [1.165, 1.54) is 49.5 Å². The molecule has 0 unspecified atom stereocenters. The molecule has 0 aliphatic carbocycles. The van der Waals surface area contributed by atoms with E-state index in [2.05, 4.69) is 17.0 Å². The number of anilines is 1. The summed E-state index contributed by atoms with van der Waals surface area (Å²) in [6, 6.07) is 11.5. The van der Waals surface area contributed by atoms with Crippen molar-refractivity contribution in [3.8, 4) is 11.1 Å². The fourth-order valence-corrected chi connectivity index (χ4v) is 3.32. The Morgan fingerprint density at radius 2 is 1.88 bits per heavy atom. The normalized spacial score (nSPS) is 10.8. The number of nitro groups is 1. The van der Waals surface area contributed by atoms with Crippen molar-refractivity contribution < 1.29 is 19.2 Å². The van der Waals surface area contributed by atoms with Gasteiger partial charge in [-0.3, -0.25) is 15.0 Å². The molecule has 1 N–H and O–H groups in total. The highest BCUT2D eigenvalue weighted by Crippen LogP contribution is 2.33. The minimum Gasteiger partial charge on any atom is -0.466 e. The average molecular weight is 454 g/mol. The standard InChI is InChI=1S/C25H31N3O5/c1-4-5-6-7-8-16-26-25(30)27(2)21-11-9-10-20(18-21)22-14-12-19(13-15-24(29)33-3)17-23(22)28(31)32/h9-15,17-18H,4-8,16H2,1-3H3,(H,26,30). The number of hydrogen-bond donors (Lipinski definition) is 1. The number of amides is 2. The molecule has 0 aromatic heterocycles. The number of hydrogen-bond acceptors (Lipinski definition) is 5. The molecule has 8 heteroatoms. The fourth-order valence-electron chi connectivity index (χ4n) is 3.32. The van der Waals surface area contributed by atoms with E-state index in [1.807, 2.05) is 0 Å². The molecular formula is C25H31N3O5. The van der Waals surface area contributed by atoms with Gasteiger partial charge in [0.05, 0.1) is 17.6 Å². The lowest BCUT2D eigenvalue weighted by Gasteiger charge is -2.19. The van der Waals surface area contributed by atoms with Gasteiger partial charge in [-0.15, -0.1) is 0 Å². The first kappa shape index (κ1) is 25.6. The number of benzene rings is 2. The molecule has 0 saturated carbocycles. The maximum atomic E-state index is 12.5. The lowest BCUT2D eigenvalue weighted by Crippen LogP contribution is -2.37. The molecule has 8 nitrogen and oxygen atoms in total. The van der Waals surface area contributed by atoms with Crippen LogP contribution in [-0.4, -0.2) is 37.6 Å². The Kier molecular flexibility index (Phi) is 10.1. The van der Waals surface area contributed by atoms with E-state index in [0.29, 0.717) is 28.9 Å². The minimum atomic E-state index is -0.545. The number of rotatable bonds is 11. The van der Waals surface area contributed by atoms with Crippen LogP contribution in [0.5, 0.6) is 0 Å². The van der Waals surface area contributed by atoms with Crippen molar-refractivity contribution in [2.75, 3.05) is 25.6 Å². The molecule has 0 fully saturated rings. The molecule has 0 radical (unpaired) electrons. The van der Waals surface area contributed by atoms with E-state index >= 15 is 0 Å². The maximum Gasteiger partial charge on any atom is 0.330 e. The summed E-state index contributed by atoms with van der Waals surface area (Å²) in [6.07, 6.45) is 8.23. The van der Waals surface area contributed by atoms with Crippen LogP contribution >= 0.6 is 0 Å². The number of esters is 1. The van der Waals surface area contributed by atoms with Gasteiger partial charge in [-0.1, -0.05) is 50.8 Å². The Labute approximate surface area is 194 Å². The molecule has 2 rings (SSSR count). The van der Waals surface area contributed by atoms with Gasteiger partial charge in [0.15, 0.2) is 0 Å². The monoisotopic (exact) mass is 453 g/mol. The summed E-state index contributed by atoms with van der Waals surface area (Å²) < 4.78 is 4.55. The molecule has 33 heavy (non-hydrogen) atoms. The number of urea groups is 1. The van der Waals surface area contributed by atoms with E-state index in [4.69, 9.17) is 0 Å². The van der Waals surface area contributed by atoms with Crippen molar-refractivity contribution in [1.82, 2.24) is 5.32 Å². The van der Waals surface area contributed by atoms with Crippen molar-refractivity contribution in [2.45, 2.75) is 39.0 Å². The maximum absolute atomic E-state index is 12.5. The second kappa shape index (κ2) is 13.0. The van der Waals surface area contributed by atoms with Crippen LogP contribution in [0.15, 0.2) is 48.5 Å². The van der Waals surface area contributed by atoms with E-state index in [9.17, 15) is 19.7 Å². The fraction of sp³-hybridized carbons (Fsp3) is 0.360. The van der Waals surface area contributed by atoms with Crippen LogP contribution < -0.4 is 10.2 Å². The van der Waals surface area contributed by atoms with E-state index in [-0.39, 0.29) is 11.7 Å². The average Bonchev–Trinajstić information content (AvgIpc) is 2.83. The lowest BCUT2D eigenvalue weighted by molar-refractivity contribution is -0.384. The third-order valence-corrected chi connectivity index (χ3v) is 5.24. The van der Waals surface area contributed by atoms with Crippen LogP contribution in [0.4, 0.5) is 16.2 Å². The first-order valence-electron chi connectivity index (χ1n) is 11.0. The Morgan fingerprint density at radius 3 is 2.58 bits per heavy atom. The van der Waals surface area contributed by atoms with Crippen molar-refractivity contribution in [1.29, 1.82) is 0 Å². The number of ether oxygens (including phenoxy) is 1. The molecule has 0 heterocycles. The number of unbranched alkanes of at least 4 members (excludes halogenated alkanes) is 4. The van der Waals surface area contributed by atoms with Crippen molar-refractivity contribution in [3.63, 3.8) is 0 Å². The number of carbonyl (C=O) groups is 2. The van der Waals surface area contributed by atoms with E-state index in [1.54, 1.807) is 43.4 Å². The summed E-state index contributed by atoms with van der Waals surface area (Å²) in [7, 11) is 2.93. The highest BCUT2D eigenvalue weighted by Gasteiger charge is 2.18. The molecular weight excluding hydrogens is 422 g/mol. The summed E-state index contributed by atoms with van der Waals surface area (Å²) in [5.41, 5.74) is 2.06. The summed E-state index contributed by atoms with van der Waals surface area (Å²) in [4.78, 5) is 36.5. The van der Waals surface area contributed by atoms with Gasteiger partial charge in [-0.2, -0.15) is 0 Å². The number of nitrogens with one attached hydrogen (secondary N) is 1. The first-order valence-corrected chi connectivity index (χ1v) is 11.0. The Hall–Kier alpha value is -3.68. The number of carbonyl (C=O) groups excluding carboxylic acids is 2. The molecule has 2 aromatic carbocycles. The van der Waals surface area contributed by atoms with Crippen LogP contribution in [0.2, 0.25) is 0 Å². The Balaban J connectivity index is 2.17. The molecule has 0 bridgehead atoms. The molecule has 2 aromatic rings. The van der Waals surface area contributed by atoms with Crippen LogP contribution in [0.3, 0.4) is 0 Å². The second-order valence-corrected chi connectivity index (χ2v) is 7.65. The van der Waals surface area contributed by atoms with Gasteiger partial charge in [0.2, 0.25) is 0 Å². The zero-order chi connectivity index (χ0) is 24.2. The van der Waals surface area contributed by atoms with Gasteiger partial charge in [0.1, 0.15) is 0 Å². The third kappa shape index (κ3) is 7.75. The third-order valence-electron chi connectivity index (χ3n) is 5.24. The van der Waals surface area contributed by atoms with E-state index < -0.39 is 10.9 Å². The summed E-state index contributed by atoms with van der Waals surface area (Å²) in [6.45, 7) is 2.77. The van der Waals surface area contributed by atoms with E-state index in [0.717, 1.165) is 12.8 Å². The Bertz CT molecular complexity index is 1000. The summed E-state index contributed by atoms with van der Waals surface area (Å²) in [5.74, 6) is -0.545. The Morgan fingerprint density at radius 1 is 1.12 bits per heavy atom. The predicted molar refractivity (Wildman–Crippen MR) is 130 cm³/mol. The highest BCUT2D eigenvalue weighted by molar-refractivity contribution is 5.92. The van der Waals surface area contributed by atoms with Gasteiger partial charge in [0, 0.05) is 31.4 Å². The molecule has 0 atom stereocenters.